The van der Waals surface area contributed by atoms with Gasteiger partial charge in [0, 0.05) is 24.7 Å². The Labute approximate surface area is 183 Å². The lowest BCUT2D eigenvalue weighted by Crippen LogP contribution is -2.49. The maximum atomic E-state index is 10.4. The van der Waals surface area contributed by atoms with E-state index >= 15 is 0 Å². The van der Waals surface area contributed by atoms with E-state index in [1.165, 1.54) is 57.8 Å². The molecule has 3 rings (SSSR count). The molecule has 4 unspecified atom stereocenters. The van der Waals surface area contributed by atoms with E-state index in [1.54, 1.807) is 4.90 Å². The Morgan fingerprint density at radius 3 is 2.69 bits per heavy atom. The summed E-state index contributed by atoms with van der Waals surface area (Å²) in [7, 11) is 0. The van der Waals surface area contributed by atoms with Crippen LogP contribution >= 0.6 is 12.2 Å². The normalized spacial score (nSPS) is 30.8. The Bertz CT molecular complexity index is 579. The van der Waals surface area contributed by atoms with Crippen LogP contribution in [0.15, 0.2) is 24.3 Å². The second-order valence-corrected chi connectivity index (χ2v) is 9.13. The van der Waals surface area contributed by atoms with Crippen LogP contribution in [0.5, 0.6) is 0 Å². The van der Waals surface area contributed by atoms with Crippen LogP contribution in [0.3, 0.4) is 0 Å². The standard InChI is InChI=1S/C24H40N2O2S/c1-3-19(13-11-12-18-22-23(27)25(4-2)24(29)28-22)26(20-14-7-5-8-15-20)21-16-9-6-10-17-21/h5,7,9,16,19-23,27H,3-4,6,8,10-15,17-18H2,1-2H3/t19?,20?,21-,22?,23?/m0/s1. The van der Waals surface area contributed by atoms with Crippen molar-refractivity contribution < 1.29 is 9.84 Å². The van der Waals surface area contributed by atoms with Gasteiger partial charge in [-0.15, -0.1) is 0 Å². The highest BCUT2D eigenvalue weighted by Crippen LogP contribution is 2.30. The van der Waals surface area contributed by atoms with Crippen LogP contribution in [0.2, 0.25) is 0 Å². The topological polar surface area (TPSA) is 35.9 Å². The molecule has 5 heteroatoms. The van der Waals surface area contributed by atoms with Crippen molar-refractivity contribution in [1.82, 2.24) is 9.80 Å². The first-order chi connectivity index (χ1) is 14.2. The average molecular weight is 421 g/mol. The third kappa shape index (κ3) is 5.83. The molecule has 0 saturated carbocycles. The zero-order valence-corrected chi connectivity index (χ0v) is 19.2. The van der Waals surface area contributed by atoms with Gasteiger partial charge in [0.2, 0.25) is 0 Å². The van der Waals surface area contributed by atoms with E-state index in [2.05, 4.69) is 36.1 Å². The Balaban J connectivity index is 1.53. The first-order valence-corrected chi connectivity index (χ1v) is 12.3. The number of hydrogen-bond acceptors (Lipinski definition) is 4. The molecule has 3 aliphatic rings. The molecular weight excluding hydrogens is 380 g/mol. The van der Waals surface area contributed by atoms with Crippen molar-refractivity contribution in [1.29, 1.82) is 0 Å². The Morgan fingerprint density at radius 1 is 1.21 bits per heavy atom. The van der Waals surface area contributed by atoms with Crippen molar-refractivity contribution in [2.24, 2.45) is 0 Å². The molecule has 29 heavy (non-hydrogen) atoms. The lowest BCUT2D eigenvalue weighted by atomic mass is 9.90. The summed E-state index contributed by atoms with van der Waals surface area (Å²) in [5.74, 6) is 0. The first-order valence-electron chi connectivity index (χ1n) is 11.9. The van der Waals surface area contributed by atoms with Gasteiger partial charge in [-0.3, -0.25) is 4.90 Å². The average Bonchev–Trinajstić information content (AvgIpc) is 3.04. The molecule has 0 bridgehead atoms. The molecule has 0 amide bonds. The molecule has 0 aromatic heterocycles. The minimum atomic E-state index is -0.577. The molecule has 1 aliphatic heterocycles. The third-order valence-electron chi connectivity index (χ3n) is 6.92. The highest BCUT2D eigenvalue weighted by atomic mass is 32.1. The zero-order chi connectivity index (χ0) is 20.6. The van der Waals surface area contributed by atoms with Crippen molar-refractivity contribution in [3.63, 3.8) is 0 Å². The van der Waals surface area contributed by atoms with E-state index in [0.29, 0.717) is 29.8 Å². The van der Waals surface area contributed by atoms with E-state index < -0.39 is 6.23 Å². The summed E-state index contributed by atoms with van der Waals surface area (Å²) in [5, 5.41) is 10.8. The van der Waals surface area contributed by atoms with Crippen LogP contribution in [0.4, 0.5) is 0 Å². The number of rotatable bonds is 10. The summed E-state index contributed by atoms with van der Waals surface area (Å²) < 4.78 is 5.73. The summed E-state index contributed by atoms with van der Waals surface area (Å²) >= 11 is 5.24. The van der Waals surface area contributed by atoms with Crippen molar-refractivity contribution in [2.45, 2.75) is 115 Å². The molecule has 4 nitrogen and oxygen atoms in total. The van der Waals surface area contributed by atoms with E-state index in [0.717, 1.165) is 12.8 Å². The SMILES string of the molecule is CCC(CCCCC1OC(=S)N(CC)C1O)N(C1CC=CCC1)[C@H]1C=CCCC1. The van der Waals surface area contributed by atoms with Crippen LogP contribution in [0, 0.1) is 0 Å². The van der Waals surface area contributed by atoms with Gasteiger partial charge in [0.15, 0.2) is 6.23 Å². The Morgan fingerprint density at radius 2 is 2.07 bits per heavy atom. The zero-order valence-electron chi connectivity index (χ0n) is 18.3. The van der Waals surface area contributed by atoms with Gasteiger partial charge in [-0.25, -0.2) is 0 Å². The number of likely N-dealkylation sites (N-methyl/N-ethyl adjacent to an activating group) is 1. The third-order valence-corrected chi connectivity index (χ3v) is 7.25. The number of aliphatic hydroxyl groups excluding tert-OH is 1. The van der Waals surface area contributed by atoms with E-state index in [1.807, 2.05) is 6.92 Å². The minimum Gasteiger partial charge on any atom is -0.463 e. The molecule has 1 N–H and O–H groups in total. The van der Waals surface area contributed by atoms with E-state index in [4.69, 9.17) is 17.0 Å². The molecule has 0 aromatic carbocycles. The van der Waals surface area contributed by atoms with Gasteiger partial charge in [0.1, 0.15) is 6.10 Å². The fourth-order valence-electron chi connectivity index (χ4n) is 5.31. The van der Waals surface area contributed by atoms with Crippen molar-refractivity contribution in [2.75, 3.05) is 6.54 Å². The van der Waals surface area contributed by atoms with E-state index in [-0.39, 0.29) is 6.10 Å². The molecule has 1 saturated heterocycles. The van der Waals surface area contributed by atoms with Gasteiger partial charge in [0.05, 0.1) is 0 Å². The number of aliphatic hydroxyl groups is 1. The largest absolute Gasteiger partial charge is 0.463 e. The first kappa shape index (κ1) is 22.8. The maximum Gasteiger partial charge on any atom is 0.261 e. The number of unbranched alkanes of at least 4 members (excludes halogenated alkanes) is 1. The lowest BCUT2D eigenvalue weighted by molar-refractivity contribution is 0.0109. The predicted octanol–water partition coefficient (Wildman–Crippen LogP) is 5.17. The number of ether oxygens (including phenoxy) is 1. The van der Waals surface area contributed by atoms with Crippen LogP contribution in [0.25, 0.3) is 0 Å². The molecule has 1 heterocycles. The fourth-order valence-corrected chi connectivity index (χ4v) is 5.67. The molecule has 1 fully saturated rings. The minimum absolute atomic E-state index is 0.164. The Hall–Kier alpha value is -0.910. The van der Waals surface area contributed by atoms with Gasteiger partial charge in [-0.2, -0.15) is 0 Å². The molecule has 5 atom stereocenters. The number of hydrogen-bond donors (Lipinski definition) is 1. The highest BCUT2D eigenvalue weighted by molar-refractivity contribution is 7.80. The number of allylic oxidation sites excluding steroid dienone is 2. The Kier molecular flexibility index (Phi) is 9.01. The summed E-state index contributed by atoms with van der Waals surface area (Å²) in [6, 6.07) is 1.94. The number of nitrogens with zero attached hydrogens (tertiary/aromatic N) is 2. The van der Waals surface area contributed by atoms with Crippen LogP contribution in [0.1, 0.15) is 84.5 Å². The van der Waals surface area contributed by atoms with Gasteiger partial charge in [-0.05, 0) is 83.3 Å². The predicted molar refractivity (Wildman–Crippen MR) is 124 cm³/mol. The lowest BCUT2D eigenvalue weighted by Gasteiger charge is -2.44. The van der Waals surface area contributed by atoms with Crippen molar-refractivity contribution >= 4 is 17.4 Å². The summed E-state index contributed by atoms with van der Waals surface area (Å²) in [5.41, 5.74) is 0. The van der Waals surface area contributed by atoms with E-state index in [9.17, 15) is 5.11 Å². The van der Waals surface area contributed by atoms with Gasteiger partial charge < -0.3 is 14.7 Å². The molecule has 0 radical (unpaired) electrons. The smallest absolute Gasteiger partial charge is 0.261 e. The van der Waals surface area contributed by atoms with Crippen molar-refractivity contribution in [3.8, 4) is 0 Å². The maximum absolute atomic E-state index is 10.4. The van der Waals surface area contributed by atoms with Gasteiger partial charge >= 0.3 is 0 Å². The summed E-state index contributed by atoms with van der Waals surface area (Å²) in [6.07, 6.45) is 22.0. The second-order valence-electron chi connectivity index (χ2n) is 8.78. The van der Waals surface area contributed by atoms with Gasteiger partial charge in [-0.1, -0.05) is 37.6 Å². The quantitative estimate of drug-likeness (QED) is 0.300. The monoisotopic (exact) mass is 420 g/mol. The molecular formula is C24H40N2O2S. The number of thiocarbonyl (C=S) groups is 1. The highest BCUT2D eigenvalue weighted by Gasteiger charge is 2.36. The van der Waals surface area contributed by atoms with Gasteiger partial charge in [0.25, 0.3) is 5.17 Å². The molecule has 0 aromatic rings. The second kappa shape index (κ2) is 11.5. The fraction of sp³-hybridized carbons (Fsp3) is 0.792. The van der Waals surface area contributed by atoms with Crippen molar-refractivity contribution in [3.05, 3.63) is 24.3 Å². The molecule has 164 valence electrons. The summed E-state index contributed by atoms with van der Waals surface area (Å²) in [6.45, 7) is 5.06. The molecule has 0 spiro atoms. The summed E-state index contributed by atoms with van der Waals surface area (Å²) in [4.78, 5) is 4.65. The molecule has 2 aliphatic carbocycles. The van der Waals surface area contributed by atoms with Crippen LogP contribution in [-0.4, -0.2) is 57.1 Å². The van der Waals surface area contributed by atoms with Crippen LogP contribution < -0.4 is 0 Å². The van der Waals surface area contributed by atoms with Crippen LogP contribution in [-0.2, 0) is 4.74 Å².